The number of nitrogens with zero attached hydrogens (tertiary/aromatic N) is 2. The van der Waals surface area contributed by atoms with Crippen molar-refractivity contribution in [3.8, 4) is 28.5 Å². The van der Waals surface area contributed by atoms with Crippen molar-refractivity contribution in [3.05, 3.63) is 96.1 Å². The molecule has 2 heterocycles. The summed E-state index contributed by atoms with van der Waals surface area (Å²) in [5, 5.41) is 8.67. The SMILES string of the molecule is COc1cc(-c2cc(C(=O)N/N=C(/C)c3ccc4c(c3)Nc3ccccc3S4)c3ccccc3n2)cc(OC)c1OC. The number of ether oxygens (including phenoxy) is 3. The molecule has 0 saturated carbocycles. The summed E-state index contributed by atoms with van der Waals surface area (Å²) in [6, 6.07) is 27.2. The molecule has 5 aromatic rings. The number of rotatable bonds is 7. The van der Waals surface area contributed by atoms with Crippen LogP contribution in [0.15, 0.2) is 99.8 Å². The number of pyridine rings is 1. The van der Waals surface area contributed by atoms with E-state index in [0.717, 1.165) is 21.8 Å². The molecule has 0 atom stereocenters. The van der Waals surface area contributed by atoms with Crippen LogP contribution in [0.4, 0.5) is 11.4 Å². The highest BCUT2D eigenvalue weighted by molar-refractivity contribution is 7.99. The molecular weight excluding hydrogens is 548 g/mol. The molecule has 42 heavy (non-hydrogen) atoms. The zero-order valence-corrected chi connectivity index (χ0v) is 24.3. The predicted octanol–water partition coefficient (Wildman–Crippen LogP) is 7.29. The first-order valence-electron chi connectivity index (χ1n) is 13.2. The Morgan fingerprint density at radius 3 is 2.31 bits per heavy atom. The zero-order chi connectivity index (χ0) is 29.2. The Morgan fingerprint density at radius 1 is 0.833 bits per heavy atom. The van der Waals surface area contributed by atoms with E-state index >= 15 is 0 Å². The number of hydrazone groups is 1. The van der Waals surface area contributed by atoms with Crippen molar-refractivity contribution in [3.63, 3.8) is 0 Å². The number of amides is 1. The number of aromatic nitrogens is 1. The zero-order valence-electron chi connectivity index (χ0n) is 23.5. The van der Waals surface area contributed by atoms with Gasteiger partial charge in [0, 0.05) is 20.7 Å². The number of carbonyl (C=O) groups excluding carboxylic acids is 1. The van der Waals surface area contributed by atoms with E-state index in [9.17, 15) is 4.79 Å². The van der Waals surface area contributed by atoms with Crippen LogP contribution in [0.1, 0.15) is 22.8 Å². The fourth-order valence-corrected chi connectivity index (χ4v) is 5.83. The Bertz CT molecular complexity index is 1850. The lowest BCUT2D eigenvalue weighted by molar-refractivity contribution is 0.0956. The topological polar surface area (TPSA) is 94.1 Å². The maximum Gasteiger partial charge on any atom is 0.272 e. The number of nitrogens with one attached hydrogen (secondary N) is 2. The lowest BCUT2D eigenvalue weighted by Gasteiger charge is -2.21. The summed E-state index contributed by atoms with van der Waals surface area (Å²) in [4.78, 5) is 20.7. The van der Waals surface area contributed by atoms with Crippen LogP contribution in [0.5, 0.6) is 17.2 Å². The molecule has 1 aliphatic heterocycles. The summed E-state index contributed by atoms with van der Waals surface area (Å²) >= 11 is 1.72. The standard InChI is InChI=1S/C33H28N4O4S/c1-19(20-13-14-31-27(15-20)35-25-11-7-8-12-30(25)42-31)36-37-33(38)23-18-26(34-24-10-6-5-9-22(23)24)21-16-28(39-2)32(41-4)29(17-21)40-3/h5-18,35H,1-4H3,(H,37,38)/b36-19-. The van der Waals surface area contributed by atoms with Gasteiger partial charge in [-0.1, -0.05) is 48.2 Å². The summed E-state index contributed by atoms with van der Waals surface area (Å²) in [5.41, 5.74) is 8.83. The van der Waals surface area contributed by atoms with Crippen LogP contribution in [-0.4, -0.2) is 37.9 Å². The molecule has 0 bridgehead atoms. The minimum atomic E-state index is -0.345. The van der Waals surface area contributed by atoms with Crippen LogP contribution in [0.25, 0.3) is 22.2 Å². The van der Waals surface area contributed by atoms with Gasteiger partial charge in [0.1, 0.15) is 0 Å². The average Bonchev–Trinajstić information content (AvgIpc) is 3.04. The molecule has 210 valence electrons. The summed E-state index contributed by atoms with van der Waals surface area (Å²) in [5.74, 6) is 1.12. The van der Waals surface area contributed by atoms with Gasteiger partial charge in [0.05, 0.1) is 55.2 Å². The molecule has 0 aliphatic carbocycles. The second-order valence-corrected chi connectivity index (χ2v) is 10.6. The van der Waals surface area contributed by atoms with Crippen molar-refractivity contribution in [1.82, 2.24) is 10.4 Å². The van der Waals surface area contributed by atoms with E-state index in [0.29, 0.717) is 50.7 Å². The van der Waals surface area contributed by atoms with E-state index in [2.05, 4.69) is 34.0 Å². The third-order valence-corrected chi connectivity index (χ3v) is 8.17. The highest BCUT2D eigenvalue weighted by Gasteiger charge is 2.19. The summed E-state index contributed by atoms with van der Waals surface area (Å²) in [6.07, 6.45) is 0. The van der Waals surface area contributed by atoms with E-state index in [4.69, 9.17) is 19.2 Å². The maximum absolute atomic E-state index is 13.6. The smallest absolute Gasteiger partial charge is 0.272 e. The van der Waals surface area contributed by atoms with Crippen LogP contribution in [-0.2, 0) is 0 Å². The number of carbonyl (C=O) groups is 1. The van der Waals surface area contributed by atoms with Crippen molar-refractivity contribution in [2.75, 3.05) is 26.6 Å². The third-order valence-electron chi connectivity index (χ3n) is 7.02. The lowest BCUT2D eigenvalue weighted by atomic mass is 10.0. The minimum absolute atomic E-state index is 0.345. The molecule has 2 N–H and O–H groups in total. The molecule has 4 aromatic carbocycles. The molecule has 0 saturated heterocycles. The van der Waals surface area contributed by atoms with Gasteiger partial charge in [-0.2, -0.15) is 5.10 Å². The molecular formula is C33H28N4O4S. The lowest BCUT2D eigenvalue weighted by Crippen LogP contribution is -2.20. The van der Waals surface area contributed by atoms with Crippen molar-refractivity contribution < 1.29 is 19.0 Å². The molecule has 8 nitrogen and oxygen atoms in total. The van der Waals surface area contributed by atoms with Crippen molar-refractivity contribution in [2.24, 2.45) is 5.10 Å². The predicted molar refractivity (Wildman–Crippen MR) is 167 cm³/mol. The van der Waals surface area contributed by atoms with Crippen molar-refractivity contribution >= 4 is 45.7 Å². The van der Waals surface area contributed by atoms with E-state index in [1.165, 1.54) is 4.90 Å². The largest absolute Gasteiger partial charge is 0.493 e. The van der Waals surface area contributed by atoms with E-state index in [1.54, 1.807) is 39.2 Å². The van der Waals surface area contributed by atoms with E-state index < -0.39 is 0 Å². The van der Waals surface area contributed by atoms with Gasteiger partial charge in [-0.05, 0) is 61.0 Å². The number of anilines is 2. The molecule has 1 aromatic heterocycles. The molecule has 0 unspecified atom stereocenters. The first-order chi connectivity index (χ1) is 20.5. The van der Waals surface area contributed by atoms with Gasteiger partial charge >= 0.3 is 0 Å². The number of para-hydroxylation sites is 2. The van der Waals surface area contributed by atoms with Crippen LogP contribution >= 0.6 is 11.8 Å². The average molecular weight is 577 g/mol. The summed E-state index contributed by atoms with van der Waals surface area (Å²) in [6.45, 7) is 1.87. The van der Waals surface area contributed by atoms with Gasteiger partial charge in [0.25, 0.3) is 5.91 Å². The van der Waals surface area contributed by atoms with Crippen LogP contribution in [0, 0.1) is 0 Å². The van der Waals surface area contributed by atoms with Crippen LogP contribution in [0.3, 0.4) is 0 Å². The first-order valence-corrected chi connectivity index (χ1v) is 14.0. The van der Waals surface area contributed by atoms with Gasteiger partial charge < -0.3 is 19.5 Å². The Kier molecular flexibility index (Phi) is 7.41. The molecule has 1 aliphatic rings. The highest BCUT2D eigenvalue weighted by atomic mass is 32.2. The normalized spacial score (nSPS) is 12.1. The summed E-state index contributed by atoms with van der Waals surface area (Å²) in [7, 11) is 4.67. The fraction of sp³-hybridized carbons (Fsp3) is 0.121. The molecule has 9 heteroatoms. The number of benzene rings is 4. The Morgan fingerprint density at radius 2 is 1.55 bits per heavy atom. The maximum atomic E-state index is 13.6. The van der Waals surface area contributed by atoms with Crippen molar-refractivity contribution in [1.29, 1.82) is 0 Å². The number of fused-ring (bicyclic) bond motifs is 3. The molecule has 0 radical (unpaired) electrons. The quantitative estimate of drug-likeness (QED) is 0.152. The van der Waals surface area contributed by atoms with Crippen LogP contribution < -0.4 is 25.0 Å². The first kappa shape index (κ1) is 27.2. The second-order valence-electron chi connectivity index (χ2n) is 9.56. The summed E-state index contributed by atoms with van der Waals surface area (Å²) < 4.78 is 16.5. The van der Waals surface area contributed by atoms with Gasteiger partial charge in [-0.3, -0.25) is 4.79 Å². The number of hydrogen-bond acceptors (Lipinski definition) is 8. The molecule has 0 spiro atoms. The Balaban J connectivity index is 1.31. The number of methoxy groups -OCH3 is 3. The van der Waals surface area contributed by atoms with E-state index in [-0.39, 0.29) is 5.91 Å². The molecule has 6 rings (SSSR count). The number of hydrogen-bond donors (Lipinski definition) is 2. The highest BCUT2D eigenvalue weighted by Crippen LogP contribution is 2.44. The van der Waals surface area contributed by atoms with Gasteiger partial charge in [0.2, 0.25) is 5.75 Å². The third kappa shape index (κ3) is 5.10. The van der Waals surface area contributed by atoms with Crippen molar-refractivity contribution in [2.45, 2.75) is 16.7 Å². The van der Waals surface area contributed by atoms with E-state index in [1.807, 2.05) is 67.6 Å². The Hall–Kier alpha value is -5.02. The van der Waals surface area contributed by atoms with Gasteiger partial charge in [-0.25, -0.2) is 10.4 Å². The fourth-order valence-electron chi connectivity index (χ4n) is 4.86. The van der Waals surface area contributed by atoms with Crippen LogP contribution in [0.2, 0.25) is 0 Å². The molecule has 1 amide bonds. The second kappa shape index (κ2) is 11.5. The molecule has 0 fully saturated rings. The minimum Gasteiger partial charge on any atom is -0.493 e. The Labute approximate surface area is 247 Å². The van der Waals surface area contributed by atoms with Gasteiger partial charge in [-0.15, -0.1) is 0 Å². The van der Waals surface area contributed by atoms with Gasteiger partial charge in [0.15, 0.2) is 11.5 Å². The monoisotopic (exact) mass is 576 g/mol.